The molecule has 0 aliphatic carbocycles. The van der Waals surface area contributed by atoms with E-state index in [2.05, 4.69) is 33.2 Å². The maximum atomic E-state index is 10.9. The van der Waals surface area contributed by atoms with Gasteiger partial charge in [0.2, 0.25) is 0 Å². The fourth-order valence-corrected chi connectivity index (χ4v) is 2.16. The number of carbonyl (C=O) groups is 1. The third-order valence-electron chi connectivity index (χ3n) is 2.79. The Morgan fingerprint density at radius 2 is 2.22 bits per heavy atom. The Morgan fingerprint density at radius 3 is 2.83 bits per heavy atom. The van der Waals surface area contributed by atoms with E-state index in [9.17, 15) is 4.79 Å². The lowest BCUT2D eigenvalue weighted by atomic mass is 10.2. The van der Waals surface area contributed by atoms with Gasteiger partial charge in [0.25, 0.3) is 0 Å². The highest BCUT2D eigenvalue weighted by Gasteiger charge is 2.13. The van der Waals surface area contributed by atoms with Gasteiger partial charge in [0, 0.05) is 4.47 Å². The lowest BCUT2D eigenvalue weighted by molar-refractivity contribution is 0.111. The van der Waals surface area contributed by atoms with E-state index in [4.69, 9.17) is 0 Å². The van der Waals surface area contributed by atoms with Gasteiger partial charge in [0.15, 0.2) is 6.29 Å². The minimum atomic E-state index is 0.425. The largest absolute Gasteiger partial charge is 0.296 e. The summed E-state index contributed by atoms with van der Waals surface area (Å²) in [6.07, 6.45) is 2.49. The molecule has 0 atom stereocenters. The van der Waals surface area contributed by atoms with Gasteiger partial charge >= 0.3 is 0 Å². The molecule has 5 heteroatoms. The minimum Gasteiger partial charge on any atom is -0.296 e. The van der Waals surface area contributed by atoms with E-state index in [0.29, 0.717) is 5.69 Å². The van der Waals surface area contributed by atoms with E-state index in [1.807, 2.05) is 25.1 Å². The van der Waals surface area contributed by atoms with Crippen LogP contribution in [0, 0.1) is 6.92 Å². The number of halogens is 1. The molecule has 0 spiro atoms. The molecule has 1 aromatic carbocycles. The van der Waals surface area contributed by atoms with Crippen molar-refractivity contribution >= 4 is 22.2 Å². The Balaban J connectivity index is 2.52. The van der Waals surface area contributed by atoms with Crippen molar-refractivity contribution in [3.05, 3.63) is 39.6 Å². The summed E-state index contributed by atoms with van der Waals surface area (Å²) in [5.74, 6) is 0. The van der Waals surface area contributed by atoms with Crippen LogP contribution < -0.4 is 0 Å². The van der Waals surface area contributed by atoms with Gasteiger partial charge in [-0.3, -0.25) is 4.79 Å². The molecule has 0 saturated heterocycles. The molecule has 2 aromatic rings. The Hall–Kier alpha value is -1.49. The highest BCUT2D eigenvalue weighted by molar-refractivity contribution is 9.10. The zero-order valence-corrected chi connectivity index (χ0v) is 11.9. The quantitative estimate of drug-likeness (QED) is 0.815. The Labute approximate surface area is 114 Å². The highest BCUT2D eigenvalue weighted by Crippen LogP contribution is 2.21. The van der Waals surface area contributed by atoms with Crippen molar-refractivity contribution < 1.29 is 4.79 Å². The van der Waals surface area contributed by atoms with Crippen molar-refractivity contribution in [3.63, 3.8) is 0 Å². The SMILES string of the molecule is CCCc1c(C=O)nnn1-c1ccc(C)c(Br)c1. The van der Waals surface area contributed by atoms with Gasteiger partial charge in [-0.15, -0.1) is 5.10 Å². The summed E-state index contributed by atoms with van der Waals surface area (Å²) >= 11 is 3.50. The van der Waals surface area contributed by atoms with Crippen LogP contribution in [0.25, 0.3) is 5.69 Å². The van der Waals surface area contributed by atoms with Crippen molar-refractivity contribution in [2.24, 2.45) is 0 Å². The van der Waals surface area contributed by atoms with Crippen molar-refractivity contribution in [2.45, 2.75) is 26.7 Å². The third kappa shape index (κ3) is 2.36. The standard InChI is InChI=1S/C13H14BrN3O/c1-3-4-13-12(8-18)15-16-17(13)10-6-5-9(2)11(14)7-10/h5-8H,3-4H2,1-2H3. The van der Waals surface area contributed by atoms with E-state index in [-0.39, 0.29) is 0 Å². The number of nitrogens with zero attached hydrogens (tertiary/aromatic N) is 3. The molecule has 0 saturated carbocycles. The minimum absolute atomic E-state index is 0.425. The monoisotopic (exact) mass is 307 g/mol. The molecule has 0 radical (unpaired) electrons. The number of benzene rings is 1. The number of aryl methyl sites for hydroxylation is 1. The summed E-state index contributed by atoms with van der Waals surface area (Å²) in [5.41, 5.74) is 3.36. The normalized spacial score (nSPS) is 10.6. The zero-order valence-electron chi connectivity index (χ0n) is 10.4. The van der Waals surface area contributed by atoms with Gasteiger partial charge in [-0.1, -0.05) is 40.6 Å². The Kier molecular flexibility index (Phi) is 3.91. The van der Waals surface area contributed by atoms with Gasteiger partial charge in [0.1, 0.15) is 5.69 Å². The van der Waals surface area contributed by atoms with Crippen molar-refractivity contribution in [3.8, 4) is 5.69 Å². The molecule has 0 amide bonds. The number of aldehydes is 1. The molecule has 0 bridgehead atoms. The number of carbonyl (C=O) groups excluding carboxylic acids is 1. The van der Waals surface area contributed by atoms with Crippen LogP contribution in [0.2, 0.25) is 0 Å². The molecular weight excluding hydrogens is 294 g/mol. The summed E-state index contributed by atoms with van der Waals surface area (Å²) in [7, 11) is 0. The summed E-state index contributed by atoms with van der Waals surface area (Å²) in [5, 5.41) is 7.97. The fourth-order valence-electron chi connectivity index (χ4n) is 1.80. The smallest absolute Gasteiger partial charge is 0.172 e. The topological polar surface area (TPSA) is 47.8 Å². The number of hydrogen-bond donors (Lipinski definition) is 0. The van der Waals surface area contributed by atoms with E-state index < -0.39 is 0 Å². The second kappa shape index (κ2) is 5.44. The Morgan fingerprint density at radius 1 is 1.44 bits per heavy atom. The lowest BCUT2D eigenvalue weighted by Crippen LogP contribution is -2.03. The van der Waals surface area contributed by atoms with Crippen LogP contribution in [0.3, 0.4) is 0 Å². The molecule has 0 aliphatic rings. The van der Waals surface area contributed by atoms with E-state index in [1.54, 1.807) is 4.68 Å². The zero-order chi connectivity index (χ0) is 13.1. The van der Waals surface area contributed by atoms with Crippen LogP contribution in [-0.2, 0) is 6.42 Å². The van der Waals surface area contributed by atoms with Crippen molar-refractivity contribution in [2.75, 3.05) is 0 Å². The molecule has 1 aromatic heterocycles. The first kappa shape index (κ1) is 13.0. The lowest BCUT2D eigenvalue weighted by Gasteiger charge is -2.07. The van der Waals surface area contributed by atoms with Gasteiger partial charge in [-0.05, 0) is 31.0 Å². The summed E-state index contributed by atoms with van der Waals surface area (Å²) in [4.78, 5) is 10.9. The van der Waals surface area contributed by atoms with Gasteiger partial charge in [0.05, 0.1) is 11.4 Å². The first-order valence-electron chi connectivity index (χ1n) is 5.83. The van der Waals surface area contributed by atoms with Crippen LogP contribution in [-0.4, -0.2) is 21.3 Å². The average Bonchev–Trinajstić information content (AvgIpc) is 2.76. The molecule has 0 aliphatic heterocycles. The Bertz CT molecular complexity index is 578. The highest BCUT2D eigenvalue weighted by atomic mass is 79.9. The first-order chi connectivity index (χ1) is 8.67. The van der Waals surface area contributed by atoms with Crippen LogP contribution in [0.15, 0.2) is 22.7 Å². The van der Waals surface area contributed by atoms with E-state index in [1.165, 1.54) is 0 Å². The second-order valence-electron chi connectivity index (χ2n) is 4.13. The maximum Gasteiger partial charge on any atom is 0.172 e. The predicted molar refractivity (Wildman–Crippen MR) is 73.2 cm³/mol. The van der Waals surface area contributed by atoms with Crippen molar-refractivity contribution in [1.82, 2.24) is 15.0 Å². The molecule has 1 heterocycles. The molecular formula is C13H14BrN3O. The van der Waals surface area contributed by atoms with Crippen molar-refractivity contribution in [1.29, 1.82) is 0 Å². The van der Waals surface area contributed by atoms with Crippen LogP contribution in [0.1, 0.15) is 35.1 Å². The summed E-state index contributed by atoms with van der Waals surface area (Å²) < 4.78 is 2.75. The molecule has 4 nitrogen and oxygen atoms in total. The van der Waals surface area contributed by atoms with Crippen LogP contribution >= 0.6 is 15.9 Å². The number of aromatic nitrogens is 3. The van der Waals surface area contributed by atoms with E-state index in [0.717, 1.165) is 40.5 Å². The first-order valence-corrected chi connectivity index (χ1v) is 6.63. The number of hydrogen-bond acceptors (Lipinski definition) is 3. The third-order valence-corrected chi connectivity index (χ3v) is 3.65. The second-order valence-corrected chi connectivity index (χ2v) is 4.99. The molecule has 94 valence electrons. The van der Waals surface area contributed by atoms with Gasteiger partial charge < -0.3 is 0 Å². The summed E-state index contributed by atoms with van der Waals surface area (Å²) in [6.45, 7) is 4.09. The fraction of sp³-hybridized carbons (Fsp3) is 0.308. The van der Waals surface area contributed by atoms with E-state index >= 15 is 0 Å². The maximum absolute atomic E-state index is 10.9. The van der Waals surface area contributed by atoms with Crippen LogP contribution in [0.4, 0.5) is 0 Å². The van der Waals surface area contributed by atoms with Gasteiger partial charge in [-0.2, -0.15) is 0 Å². The molecule has 0 N–H and O–H groups in total. The molecule has 18 heavy (non-hydrogen) atoms. The average molecular weight is 308 g/mol. The summed E-state index contributed by atoms with van der Waals surface area (Å²) in [6, 6.07) is 5.97. The predicted octanol–water partition coefficient (Wildman–Crippen LogP) is 3.10. The molecule has 2 rings (SSSR count). The number of rotatable bonds is 4. The van der Waals surface area contributed by atoms with Gasteiger partial charge in [-0.25, -0.2) is 4.68 Å². The van der Waals surface area contributed by atoms with Crippen LogP contribution in [0.5, 0.6) is 0 Å². The molecule has 0 fully saturated rings. The molecule has 0 unspecified atom stereocenters.